The van der Waals surface area contributed by atoms with E-state index in [1.165, 1.54) is 6.07 Å². The van der Waals surface area contributed by atoms with Gasteiger partial charge in [-0.25, -0.2) is 4.39 Å². The lowest BCUT2D eigenvalue weighted by atomic mass is 10.1. The fourth-order valence-corrected chi connectivity index (χ4v) is 2.87. The summed E-state index contributed by atoms with van der Waals surface area (Å²) in [7, 11) is 0. The van der Waals surface area contributed by atoms with Gasteiger partial charge in [0.15, 0.2) is 0 Å². The molecule has 1 heterocycles. The molecular weight excluding hydrogens is 289 g/mol. The Bertz CT molecular complexity index is 844. The number of thiophene rings is 1. The summed E-state index contributed by atoms with van der Waals surface area (Å²) >= 11 is 1.63. The van der Waals surface area contributed by atoms with Gasteiger partial charge in [0, 0.05) is 16.1 Å². The van der Waals surface area contributed by atoms with Crippen LogP contribution >= 0.6 is 11.3 Å². The van der Waals surface area contributed by atoms with Gasteiger partial charge in [-0.15, -0.1) is 11.3 Å². The molecule has 1 amide bonds. The summed E-state index contributed by atoms with van der Waals surface area (Å²) in [6.45, 7) is 0. The molecule has 106 valence electrons. The minimum atomic E-state index is -0.691. The van der Waals surface area contributed by atoms with Crippen molar-refractivity contribution in [1.82, 2.24) is 0 Å². The number of halogens is 1. The van der Waals surface area contributed by atoms with Crippen molar-refractivity contribution < 1.29 is 9.18 Å². The standard InChI is InChI=1S/C15H12FN3OS/c16-11-7-12(17)10(15(18)20)6-13(11)19-9-1-2-14-8(5-9)3-4-21-14/h1-7,19H,17H2,(H2,18,20). The Morgan fingerprint density at radius 3 is 2.76 bits per heavy atom. The van der Waals surface area contributed by atoms with Crippen LogP contribution in [0, 0.1) is 5.82 Å². The molecule has 0 bridgehead atoms. The first-order valence-electron chi connectivity index (χ1n) is 6.18. The van der Waals surface area contributed by atoms with Crippen LogP contribution in [0.2, 0.25) is 0 Å². The van der Waals surface area contributed by atoms with Gasteiger partial charge in [-0.3, -0.25) is 4.79 Å². The molecule has 0 spiro atoms. The highest BCUT2D eigenvalue weighted by atomic mass is 32.1. The molecule has 0 radical (unpaired) electrons. The number of hydrogen-bond acceptors (Lipinski definition) is 4. The number of amides is 1. The Morgan fingerprint density at radius 1 is 1.19 bits per heavy atom. The number of nitrogens with two attached hydrogens (primary N) is 2. The minimum Gasteiger partial charge on any atom is -0.398 e. The molecule has 21 heavy (non-hydrogen) atoms. The number of hydrogen-bond donors (Lipinski definition) is 3. The summed E-state index contributed by atoms with van der Waals surface area (Å²) in [6, 6.07) is 10.1. The number of carbonyl (C=O) groups is 1. The first-order chi connectivity index (χ1) is 10.0. The van der Waals surface area contributed by atoms with Gasteiger partial charge in [0.2, 0.25) is 0 Å². The second-order valence-electron chi connectivity index (χ2n) is 4.58. The van der Waals surface area contributed by atoms with Crippen molar-refractivity contribution in [3.63, 3.8) is 0 Å². The number of primary amides is 1. The third-order valence-corrected chi connectivity index (χ3v) is 4.03. The van der Waals surface area contributed by atoms with Gasteiger partial charge in [-0.05, 0) is 47.2 Å². The smallest absolute Gasteiger partial charge is 0.250 e. The highest BCUT2D eigenvalue weighted by molar-refractivity contribution is 7.17. The van der Waals surface area contributed by atoms with Crippen molar-refractivity contribution in [2.75, 3.05) is 11.1 Å². The molecule has 0 atom stereocenters. The molecule has 3 rings (SSSR count). The number of nitrogen functional groups attached to an aromatic ring is 1. The molecule has 4 nitrogen and oxygen atoms in total. The maximum absolute atomic E-state index is 13.9. The predicted octanol–water partition coefficient (Wildman–Crippen LogP) is 3.47. The Hall–Kier alpha value is -2.60. The van der Waals surface area contributed by atoms with Crippen molar-refractivity contribution in [2.45, 2.75) is 0 Å². The van der Waals surface area contributed by atoms with Gasteiger partial charge in [0.1, 0.15) is 5.82 Å². The second kappa shape index (κ2) is 5.06. The first kappa shape index (κ1) is 13.4. The van der Waals surface area contributed by atoms with Crippen molar-refractivity contribution in [3.8, 4) is 0 Å². The third kappa shape index (κ3) is 2.53. The average molecular weight is 301 g/mol. The van der Waals surface area contributed by atoms with Crippen molar-refractivity contribution >= 4 is 44.4 Å². The van der Waals surface area contributed by atoms with Gasteiger partial charge >= 0.3 is 0 Å². The number of fused-ring (bicyclic) bond motifs is 1. The summed E-state index contributed by atoms with van der Waals surface area (Å²) in [6.07, 6.45) is 0. The number of benzene rings is 2. The van der Waals surface area contributed by atoms with E-state index in [0.717, 1.165) is 21.8 Å². The maximum atomic E-state index is 13.9. The van der Waals surface area contributed by atoms with Crippen molar-refractivity contribution in [3.05, 3.63) is 53.2 Å². The Balaban J connectivity index is 2.00. The molecule has 0 aliphatic heterocycles. The largest absolute Gasteiger partial charge is 0.398 e. The van der Waals surface area contributed by atoms with Gasteiger partial charge in [-0.1, -0.05) is 0 Å². The Labute approximate surface area is 124 Å². The predicted molar refractivity (Wildman–Crippen MR) is 84.4 cm³/mol. The third-order valence-electron chi connectivity index (χ3n) is 3.14. The first-order valence-corrected chi connectivity index (χ1v) is 7.05. The molecular formula is C15H12FN3OS. The molecule has 0 aliphatic carbocycles. The zero-order chi connectivity index (χ0) is 15.0. The van der Waals surface area contributed by atoms with E-state index in [0.29, 0.717) is 0 Å². The van der Waals surface area contributed by atoms with E-state index in [4.69, 9.17) is 11.5 Å². The van der Waals surface area contributed by atoms with E-state index in [9.17, 15) is 9.18 Å². The summed E-state index contributed by atoms with van der Waals surface area (Å²) in [5, 5.41) is 6.00. The molecule has 0 saturated heterocycles. The molecule has 0 saturated carbocycles. The maximum Gasteiger partial charge on any atom is 0.250 e. The Kier molecular flexibility index (Phi) is 3.23. The lowest BCUT2D eigenvalue weighted by molar-refractivity contribution is 0.100. The van der Waals surface area contributed by atoms with Crippen molar-refractivity contribution in [1.29, 1.82) is 0 Å². The van der Waals surface area contributed by atoms with Crippen LogP contribution in [0.15, 0.2) is 41.8 Å². The zero-order valence-electron chi connectivity index (χ0n) is 10.9. The SMILES string of the molecule is NC(=O)c1cc(Nc2ccc3sccc3c2)c(F)cc1N. The summed E-state index contributed by atoms with van der Waals surface area (Å²) in [4.78, 5) is 11.3. The number of carbonyl (C=O) groups excluding carboxylic acids is 1. The summed E-state index contributed by atoms with van der Waals surface area (Å²) in [5.74, 6) is -1.23. The highest BCUT2D eigenvalue weighted by Crippen LogP contribution is 2.28. The number of rotatable bonds is 3. The lowest BCUT2D eigenvalue weighted by Gasteiger charge is -2.11. The summed E-state index contributed by atoms with van der Waals surface area (Å²) < 4.78 is 15.1. The molecule has 1 aromatic heterocycles. The fraction of sp³-hybridized carbons (Fsp3) is 0. The second-order valence-corrected chi connectivity index (χ2v) is 5.53. The molecule has 6 heteroatoms. The molecule has 3 aromatic rings. The minimum absolute atomic E-state index is 0.0267. The van der Waals surface area contributed by atoms with Gasteiger partial charge in [0.05, 0.1) is 11.3 Å². The van der Waals surface area contributed by atoms with Gasteiger partial charge < -0.3 is 16.8 Å². The van der Waals surface area contributed by atoms with Crippen LogP contribution in [0.25, 0.3) is 10.1 Å². The zero-order valence-corrected chi connectivity index (χ0v) is 11.7. The number of nitrogens with one attached hydrogen (secondary N) is 1. The molecule has 0 unspecified atom stereocenters. The van der Waals surface area contributed by atoms with Crippen LogP contribution in [-0.4, -0.2) is 5.91 Å². The van der Waals surface area contributed by atoms with E-state index in [-0.39, 0.29) is 16.9 Å². The van der Waals surface area contributed by atoms with Crippen LogP contribution < -0.4 is 16.8 Å². The van der Waals surface area contributed by atoms with E-state index in [2.05, 4.69) is 5.32 Å². The number of anilines is 3. The van der Waals surface area contributed by atoms with Crippen LogP contribution in [0.4, 0.5) is 21.5 Å². The molecule has 5 N–H and O–H groups in total. The van der Waals surface area contributed by atoms with Crippen molar-refractivity contribution in [2.24, 2.45) is 5.73 Å². The van der Waals surface area contributed by atoms with Gasteiger partial charge in [-0.2, -0.15) is 0 Å². The highest BCUT2D eigenvalue weighted by Gasteiger charge is 2.12. The average Bonchev–Trinajstić information content (AvgIpc) is 2.88. The quantitative estimate of drug-likeness (QED) is 0.648. The van der Waals surface area contributed by atoms with E-state index < -0.39 is 11.7 Å². The fourth-order valence-electron chi connectivity index (χ4n) is 2.10. The summed E-state index contributed by atoms with van der Waals surface area (Å²) in [5.41, 5.74) is 11.8. The lowest BCUT2D eigenvalue weighted by Crippen LogP contribution is -2.14. The van der Waals surface area contributed by atoms with Crippen LogP contribution in [0.3, 0.4) is 0 Å². The molecule has 2 aromatic carbocycles. The molecule has 0 aliphatic rings. The normalized spacial score (nSPS) is 10.7. The van der Waals surface area contributed by atoms with E-state index in [1.54, 1.807) is 11.3 Å². The van der Waals surface area contributed by atoms with Crippen LogP contribution in [0.1, 0.15) is 10.4 Å². The Morgan fingerprint density at radius 2 is 2.00 bits per heavy atom. The van der Waals surface area contributed by atoms with Crippen LogP contribution in [0.5, 0.6) is 0 Å². The monoisotopic (exact) mass is 301 g/mol. The van der Waals surface area contributed by atoms with E-state index >= 15 is 0 Å². The van der Waals surface area contributed by atoms with Gasteiger partial charge in [0.25, 0.3) is 5.91 Å². The van der Waals surface area contributed by atoms with E-state index in [1.807, 2.05) is 29.6 Å². The molecule has 0 fully saturated rings. The topological polar surface area (TPSA) is 81.1 Å². The van der Waals surface area contributed by atoms with Crippen LogP contribution in [-0.2, 0) is 0 Å².